The van der Waals surface area contributed by atoms with E-state index in [1.165, 1.54) is 13.0 Å². The van der Waals surface area contributed by atoms with Crippen molar-refractivity contribution in [2.75, 3.05) is 6.61 Å². The smallest absolute Gasteiger partial charge is 0.362 e. The molecule has 0 atom stereocenters. The number of hydrogen-bond acceptors (Lipinski definition) is 7. The summed E-state index contributed by atoms with van der Waals surface area (Å²) in [5.74, 6) is -1.03. The first-order chi connectivity index (χ1) is 10.9. The molecule has 7 nitrogen and oxygen atoms in total. The van der Waals surface area contributed by atoms with Crippen LogP contribution in [-0.2, 0) is 9.53 Å². The number of nitrogens with zero attached hydrogens (tertiary/aromatic N) is 2. The molecule has 0 aliphatic carbocycles. The fraction of sp³-hybridized carbons (Fsp3) is 0.250. The molecule has 0 aliphatic rings. The van der Waals surface area contributed by atoms with E-state index in [9.17, 15) is 14.7 Å². The Labute approximate surface area is 131 Å². The van der Waals surface area contributed by atoms with Gasteiger partial charge in [-0.15, -0.1) is 10.2 Å². The van der Waals surface area contributed by atoms with Crippen LogP contribution in [0.5, 0.6) is 0 Å². The van der Waals surface area contributed by atoms with Crippen molar-refractivity contribution < 1.29 is 19.1 Å². The number of allylic oxidation sites excluding steroid dienone is 1. The van der Waals surface area contributed by atoms with Gasteiger partial charge in [0.05, 0.1) is 12.3 Å². The first-order valence-electron chi connectivity index (χ1n) is 6.95. The quantitative estimate of drug-likeness (QED) is 0.305. The van der Waals surface area contributed by atoms with Crippen molar-refractivity contribution in [2.24, 2.45) is 10.2 Å². The zero-order valence-corrected chi connectivity index (χ0v) is 13.0. The molecule has 7 heteroatoms. The molecule has 2 rings (SSSR count). The summed E-state index contributed by atoms with van der Waals surface area (Å²) in [7, 11) is 0. The number of aryl methyl sites for hydroxylation is 1. The number of azo groups is 1. The maximum absolute atomic E-state index is 11.7. The Hall–Kier alpha value is -2.96. The number of carbonyl (C=O) groups is 1. The fourth-order valence-electron chi connectivity index (χ4n) is 1.88. The van der Waals surface area contributed by atoms with Crippen molar-refractivity contribution in [3.05, 3.63) is 51.7 Å². The van der Waals surface area contributed by atoms with Gasteiger partial charge in [-0.25, -0.2) is 9.59 Å². The Morgan fingerprint density at radius 2 is 2.09 bits per heavy atom. The van der Waals surface area contributed by atoms with E-state index in [1.54, 1.807) is 32.0 Å². The number of hydrogen-bond donors (Lipinski definition) is 1. The first kappa shape index (κ1) is 16.4. The summed E-state index contributed by atoms with van der Waals surface area (Å²) >= 11 is 0. The number of ether oxygens (including phenoxy) is 1. The van der Waals surface area contributed by atoms with Gasteiger partial charge in [0.1, 0.15) is 11.3 Å². The fourth-order valence-corrected chi connectivity index (χ4v) is 1.88. The maximum atomic E-state index is 11.7. The molecular weight excluding hydrogens is 300 g/mol. The SMILES string of the molecule is CCOC(=O)/C(N=Nc1cc2ccc(=O)oc2cc1C)=C(\C)O. The van der Waals surface area contributed by atoms with E-state index in [4.69, 9.17) is 9.15 Å². The zero-order valence-electron chi connectivity index (χ0n) is 13.0. The van der Waals surface area contributed by atoms with Gasteiger partial charge in [-0.05, 0) is 44.5 Å². The van der Waals surface area contributed by atoms with Crippen LogP contribution in [-0.4, -0.2) is 17.7 Å². The molecule has 0 saturated heterocycles. The van der Waals surface area contributed by atoms with Gasteiger partial charge >= 0.3 is 11.6 Å². The highest BCUT2D eigenvalue weighted by Gasteiger charge is 2.14. The number of fused-ring (bicyclic) bond motifs is 1. The molecule has 1 heterocycles. The lowest BCUT2D eigenvalue weighted by Gasteiger charge is -2.04. The predicted molar refractivity (Wildman–Crippen MR) is 83.7 cm³/mol. The Morgan fingerprint density at radius 1 is 1.35 bits per heavy atom. The van der Waals surface area contributed by atoms with Crippen molar-refractivity contribution >= 4 is 22.6 Å². The molecular formula is C16H16N2O5. The molecule has 2 aromatic rings. The minimum Gasteiger partial charge on any atom is -0.510 e. The molecule has 1 aromatic carbocycles. The Balaban J connectivity index is 2.42. The van der Waals surface area contributed by atoms with E-state index >= 15 is 0 Å². The number of benzene rings is 1. The largest absolute Gasteiger partial charge is 0.510 e. The van der Waals surface area contributed by atoms with E-state index < -0.39 is 11.6 Å². The minimum atomic E-state index is -0.749. The molecule has 1 N–H and O–H groups in total. The first-order valence-corrected chi connectivity index (χ1v) is 6.95. The minimum absolute atomic E-state index is 0.166. The number of esters is 1. The van der Waals surface area contributed by atoms with E-state index in [-0.39, 0.29) is 18.1 Å². The average molecular weight is 316 g/mol. The van der Waals surface area contributed by atoms with E-state index in [0.717, 1.165) is 0 Å². The molecule has 0 bridgehead atoms. The van der Waals surface area contributed by atoms with E-state index in [0.29, 0.717) is 22.2 Å². The number of carbonyl (C=O) groups excluding carboxylic acids is 1. The van der Waals surface area contributed by atoms with Gasteiger partial charge in [0, 0.05) is 11.5 Å². The van der Waals surface area contributed by atoms with Gasteiger partial charge in [0.15, 0.2) is 0 Å². The summed E-state index contributed by atoms with van der Waals surface area (Å²) < 4.78 is 9.89. The predicted octanol–water partition coefficient (Wildman–Crippen LogP) is 3.54. The van der Waals surface area contributed by atoms with Crippen LogP contribution in [0.15, 0.2) is 55.2 Å². The van der Waals surface area contributed by atoms with Crippen LogP contribution in [0.1, 0.15) is 19.4 Å². The van der Waals surface area contributed by atoms with Gasteiger partial charge in [0.2, 0.25) is 5.70 Å². The summed E-state index contributed by atoms with van der Waals surface area (Å²) in [5, 5.41) is 18.0. The second-order valence-corrected chi connectivity index (χ2v) is 4.79. The molecule has 0 fully saturated rings. The lowest BCUT2D eigenvalue weighted by atomic mass is 10.1. The van der Waals surface area contributed by atoms with Gasteiger partial charge in [-0.3, -0.25) is 0 Å². The summed E-state index contributed by atoms with van der Waals surface area (Å²) in [6.07, 6.45) is 0. The van der Waals surface area contributed by atoms with Crippen LogP contribution in [0.2, 0.25) is 0 Å². The number of rotatable bonds is 4. The second-order valence-electron chi connectivity index (χ2n) is 4.79. The standard InChI is InChI=1S/C16H16N2O5/c1-4-22-16(21)15(10(3)19)18-17-12-8-11-5-6-14(20)23-13(11)7-9(12)2/h5-8,19H,4H2,1-3H3/b15-10-,18-17?. The van der Waals surface area contributed by atoms with Crippen molar-refractivity contribution in [1.29, 1.82) is 0 Å². The van der Waals surface area contributed by atoms with Crippen LogP contribution in [0.25, 0.3) is 11.0 Å². The Bertz CT molecular complexity index is 860. The van der Waals surface area contributed by atoms with Crippen molar-refractivity contribution in [2.45, 2.75) is 20.8 Å². The summed E-state index contributed by atoms with van der Waals surface area (Å²) in [4.78, 5) is 22.9. The van der Waals surface area contributed by atoms with Crippen LogP contribution in [0.3, 0.4) is 0 Å². The molecule has 0 amide bonds. The zero-order chi connectivity index (χ0) is 17.0. The van der Waals surface area contributed by atoms with Gasteiger partial charge < -0.3 is 14.3 Å². The van der Waals surface area contributed by atoms with Crippen LogP contribution in [0.4, 0.5) is 5.69 Å². The monoisotopic (exact) mass is 316 g/mol. The third-order valence-corrected chi connectivity index (χ3v) is 3.01. The second kappa shape index (κ2) is 6.87. The molecule has 23 heavy (non-hydrogen) atoms. The van der Waals surface area contributed by atoms with Crippen molar-refractivity contribution in [1.82, 2.24) is 0 Å². The summed E-state index contributed by atoms with van der Waals surface area (Å²) in [6, 6.07) is 6.25. The average Bonchev–Trinajstić information content (AvgIpc) is 2.48. The molecule has 0 saturated carbocycles. The third-order valence-electron chi connectivity index (χ3n) is 3.01. The van der Waals surface area contributed by atoms with Crippen LogP contribution >= 0.6 is 0 Å². The van der Waals surface area contributed by atoms with E-state index in [1.807, 2.05) is 0 Å². The molecule has 0 radical (unpaired) electrons. The van der Waals surface area contributed by atoms with E-state index in [2.05, 4.69) is 10.2 Å². The van der Waals surface area contributed by atoms with Crippen molar-refractivity contribution in [3.63, 3.8) is 0 Å². The van der Waals surface area contributed by atoms with Crippen molar-refractivity contribution in [3.8, 4) is 0 Å². The maximum Gasteiger partial charge on any atom is 0.362 e. The Kier molecular flexibility index (Phi) is 4.90. The van der Waals surface area contributed by atoms with Crippen LogP contribution in [0, 0.1) is 6.92 Å². The molecule has 120 valence electrons. The molecule has 0 spiro atoms. The highest BCUT2D eigenvalue weighted by Crippen LogP contribution is 2.26. The normalized spacial score (nSPS) is 12.5. The lowest BCUT2D eigenvalue weighted by Crippen LogP contribution is -2.07. The molecule has 0 unspecified atom stereocenters. The summed E-state index contributed by atoms with van der Waals surface area (Å²) in [6.45, 7) is 4.91. The van der Waals surface area contributed by atoms with Gasteiger partial charge in [-0.1, -0.05) is 0 Å². The summed E-state index contributed by atoms with van der Waals surface area (Å²) in [5.41, 5.74) is 0.929. The third kappa shape index (κ3) is 3.82. The molecule has 0 aliphatic heterocycles. The topological polar surface area (TPSA) is 101 Å². The van der Waals surface area contributed by atoms with Gasteiger partial charge in [-0.2, -0.15) is 0 Å². The highest BCUT2D eigenvalue weighted by molar-refractivity contribution is 5.88. The number of aliphatic hydroxyl groups excluding tert-OH is 1. The lowest BCUT2D eigenvalue weighted by molar-refractivity contribution is -0.138. The Morgan fingerprint density at radius 3 is 2.74 bits per heavy atom. The van der Waals surface area contributed by atoms with Gasteiger partial charge in [0.25, 0.3) is 0 Å². The number of aliphatic hydroxyl groups is 1. The van der Waals surface area contributed by atoms with Crippen LogP contribution < -0.4 is 5.63 Å². The molecule has 1 aromatic heterocycles. The highest BCUT2D eigenvalue weighted by atomic mass is 16.5.